The van der Waals surface area contributed by atoms with Gasteiger partial charge in [-0.1, -0.05) is 25.7 Å². The fourth-order valence-corrected chi connectivity index (χ4v) is 1.36. The van der Waals surface area contributed by atoms with Crippen LogP contribution in [0.3, 0.4) is 0 Å². The fraction of sp³-hybridized carbons (Fsp3) is 1.00. The Balaban J connectivity index is 0.000000462. The van der Waals surface area contributed by atoms with Crippen LogP contribution < -0.4 is 0 Å². The largest absolute Gasteiger partial charge is 0.268 e. The molecule has 1 aliphatic rings. The zero-order valence-corrected chi connectivity index (χ0v) is 11.1. The molecular weight excluding hydrogens is 256 g/mol. The maximum absolute atomic E-state index is 10.3. The molecule has 1 rings (SSSR count). The lowest BCUT2D eigenvalue weighted by atomic mass is 10.0. The second-order valence-electron chi connectivity index (χ2n) is 3.47. The Morgan fingerprint density at radius 2 is 1.00 bits per heavy atom. The zero-order valence-electron chi connectivity index (χ0n) is 9.51. The van der Waals surface area contributed by atoms with Crippen molar-refractivity contribution in [1.82, 2.24) is 0 Å². The molecule has 0 saturated heterocycles. The zero-order chi connectivity index (χ0) is 12.7. The van der Waals surface area contributed by atoms with Crippen LogP contribution in [-0.2, 0) is 28.6 Å². The van der Waals surface area contributed by atoms with E-state index in [9.17, 15) is 16.8 Å². The first-order chi connectivity index (χ1) is 7.21. The molecule has 98 valence electrons. The molecule has 6 nitrogen and oxygen atoms in total. The molecule has 0 N–H and O–H groups in total. The van der Waals surface area contributed by atoms with Gasteiger partial charge in [0.25, 0.3) is 20.2 Å². The third-order valence-corrected chi connectivity index (χ3v) is 2.87. The molecule has 8 heteroatoms. The van der Waals surface area contributed by atoms with Crippen molar-refractivity contribution in [3.05, 3.63) is 0 Å². The molecule has 0 spiro atoms. The summed E-state index contributed by atoms with van der Waals surface area (Å²) in [6.45, 7) is -0.599. The van der Waals surface area contributed by atoms with Crippen LogP contribution in [0, 0.1) is 0 Å². The van der Waals surface area contributed by atoms with Gasteiger partial charge in [-0.3, -0.25) is 8.37 Å². The lowest BCUT2D eigenvalue weighted by molar-refractivity contribution is 0.227. The van der Waals surface area contributed by atoms with Crippen LogP contribution in [0.2, 0.25) is 0 Å². The van der Waals surface area contributed by atoms with Crippen molar-refractivity contribution in [2.75, 3.05) is 25.7 Å². The van der Waals surface area contributed by atoms with E-state index in [1.807, 2.05) is 0 Å². The Labute approximate surface area is 97.2 Å². The molecule has 0 atom stereocenters. The predicted molar refractivity (Wildman–Crippen MR) is 60.1 cm³/mol. The molecule has 0 unspecified atom stereocenters. The average molecular weight is 274 g/mol. The predicted octanol–water partition coefficient (Wildman–Crippen LogP) is 0.499. The highest BCUT2D eigenvalue weighted by atomic mass is 32.2. The average Bonchev–Trinajstić information content (AvgIpc) is 1.91. The van der Waals surface area contributed by atoms with Gasteiger partial charge in [-0.15, -0.1) is 0 Å². The van der Waals surface area contributed by atoms with Crippen molar-refractivity contribution in [3.8, 4) is 0 Å². The van der Waals surface area contributed by atoms with Crippen molar-refractivity contribution < 1.29 is 25.2 Å². The fourth-order valence-electron chi connectivity index (χ4n) is 0.621. The van der Waals surface area contributed by atoms with Crippen molar-refractivity contribution in [3.63, 3.8) is 0 Å². The van der Waals surface area contributed by atoms with E-state index < -0.39 is 20.2 Å². The summed E-state index contributed by atoms with van der Waals surface area (Å²) in [6.07, 6.45) is 7.74. The Morgan fingerprint density at radius 1 is 0.750 bits per heavy atom. The Morgan fingerprint density at radius 3 is 1.12 bits per heavy atom. The number of hydrogen-bond acceptors (Lipinski definition) is 6. The lowest BCUT2D eigenvalue weighted by Gasteiger charge is -2.05. The van der Waals surface area contributed by atoms with E-state index in [4.69, 9.17) is 0 Å². The summed E-state index contributed by atoms with van der Waals surface area (Å²) in [5, 5.41) is 0. The van der Waals surface area contributed by atoms with Gasteiger partial charge in [0.1, 0.15) is 0 Å². The van der Waals surface area contributed by atoms with E-state index in [-0.39, 0.29) is 13.2 Å². The minimum absolute atomic E-state index is 0.300. The van der Waals surface area contributed by atoms with Crippen LogP contribution in [0.1, 0.15) is 25.7 Å². The topological polar surface area (TPSA) is 86.7 Å². The van der Waals surface area contributed by atoms with Gasteiger partial charge in [0.05, 0.1) is 25.7 Å². The third-order valence-electron chi connectivity index (χ3n) is 1.68. The molecule has 1 aliphatic carbocycles. The van der Waals surface area contributed by atoms with E-state index in [1.54, 1.807) is 0 Å². The molecule has 0 radical (unpaired) electrons. The van der Waals surface area contributed by atoms with Crippen LogP contribution in [0.25, 0.3) is 0 Å². The Hall–Kier alpha value is -0.180. The third kappa shape index (κ3) is 13.8. The monoisotopic (exact) mass is 274 g/mol. The molecule has 0 aromatic carbocycles. The first kappa shape index (κ1) is 15.8. The van der Waals surface area contributed by atoms with Gasteiger partial charge in [-0.25, -0.2) is 0 Å². The van der Waals surface area contributed by atoms with Gasteiger partial charge in [-0.05, 0) is 0 Å². The van der Waals surface area contributed by atoms with Crippen molar-refractivity contribution in [2.24, 2.45) is 0 Å². The second kappa shape index (κ2) is 7.21. The summed E-state index contributed by atoms with van der Waals surface area (Å²) in [4.78, 5) is 0. The van der Waals surface area contributed by atoms with E-state index >= 15 is 0 Å². The van der Waals surface area contributed by atoms with E-state index in [0.717, 1.165) is 12.5 Å². The summed E-state index contributed by atoms with van der Waals surface area (Å²) < 4.78 is 49.7. The summed E-state index contributed by atoms with van der Waals surface area (Å²) in [6, 6.07) is 0. The van der Waals surface area contributed by atoms with Crippen LogP contribution in [0.15, 0.2) is 0 Å². The van der Waals surface area contributed by atoms with Crippen LogP contribution >= 0.6 is 0 Å². The van der Waals surface area contributed by atoms with Gasteiger partial charge < -0.3 is 0 Å². The van der Waals surface area contributed by atoms with Crippen LogP contribution in [-0.4, -0.2) is 42.6 Å². The van der Waals surface area contributed by atoms with Gasteiger partial charge in [-0.2, -0.15) is 16.8 Å². The summed E-state index contributed by atoms with van der Waals surface area (Å²) >= 11 is 0. The molecule has 1 fully saturated rings. The quantitative estimate of drug-likeness (QED) is 0.536. The second-order valence-corrected chi connectivity index (χ2v) is 6.75. The van der Waals surface area contributed by atoms with E-state index in [1.165, 1.54) is 25.7 Å². The van der Waals surface area contributed by atoms with E-state index in [2.05, 4.69) is 8.37 Å². The summed E-state index contributed by atoms with van der Waals surface area (Å²) in [5.41, 5.74) is 0. The number of hydrogen-bond donors (Lipinski definition) is 0. The number of rotatable bonds is 5. The standard InChI is InChI=1S/C4H10O6S2.C4H8/c1-11(5,6)9-3-4-10-12(2,7)8;1-2-4-3-1/h3-4H2,1-2H3;1-4H2. The molecule has 0 bridgehead atoms. The lowest BCUT2D eigenvalue weighted by Crippen LogP contribution is -2.12. The molecule has 0 heterocycles. The minimum atomic E-state index is -3.52. The highest BCUT2D eigenvalue weighted by Gasteiger charge is 2.04. The Bertz CT molecular complexity index is 327. The van der Waals surface area contributed by atoms with Gasteiger partial charge in [0, 0.05) is 0 Å². The first-order valence-corrected chi connectivity index (χ1v) is 8.53. The van der Waals surface area contributed by atoms with Gasteiger partial charge >= 0.3 is 0 Å². The molecule has 0 aromatic heterocycles. The van der Waals surface area contributed by atoms with Crippen molar-refractivity contribution in [2.45, 2.75) is 25.7 Å². The summed E-state index contributed by atoms with van der Waals surface area (Å²) in [7, 11) is -7.03. The normalized spacial score (nSPS) is 15.9. The smallest absolute Gasteiger partial charge is 0.264 e. The molecule has 1 saturated carbocycles. The molecule has 0 aromatic rings. The van der Waals surface area contributed by atoms with Crippen LogP contribution in [0.5, 0.6) is 0 Å². The van der Waals surface area contributed by atoms with Crippen molar-refractivity contribution >= 4 is 20.2 Å². The highest BCUT2D eigenvalue weighted by Crippen LogP contribution is 2.15. The van der Waals surface area contributed by atoms with E-state index in [0.29, 0.717) is 0 Å². The van der Waals surface area contributed by atoms with Crippen LogP contribution in [0.4, 0.5) is 0 Å². The maximum Gasteiger partial charge on any atom is 0.264 e. The minimum Gasteiger partial charge on any atom is -0.268 e. The Kier molecular flexibility index (Phi) is 7.12. The van der Waals surface area contributed by atoms with Gasteiger partial charge in [0.15, 0.2) is 0 Å². The first-order valence-electron chi connectivity index (χ1n) is 4.89. The van der Waals surface area contributed by atoms with Crippen molar-refractivity contribution in [1.29, 1.82) is 0 Å². The molecular formula is C8H18O6S2. The SMILES string of the molecule is C1CCC1.CS(=O)(=O)OCCOS(C)(=O)=O. The maximum atomic E-state index is 10.3. The van der Waals surface area contributed by atoms with Gasteiger partial charge in [0.2, 0.25) is 0 Å². The molecule has 16 heavy (non-hydrogen) atoms. The molecule has 0 amide bonds. The highest BCUT2D eigenvalue weighted by molar-refractivity contribution is 7.86. The molecule has 0 aliphatic heterocycles. The summed E-state index contributed by atoms with van der Waals surface area (Å²) in [5.74, 6) is 0.